The van der Waals surface area contributed by atoms with Gasteiger partial charge in [-0.25, -0.2) is 0 Å². The van der Waals surface area contributed by atoms with Gasteiger partial charge in [0.15, 0.2) is 0 Å². The highest BCUT2D eigenvalue weighted by molar-refractivity contribution is 14.1. The Morgan fingerprint density at radius 3 is 2.71 bits per heavy atom. The first kappa shape index (κ1) is 13.3. The van der Waals surface area contributed by atoms with Crippen molar-refractivity contribution >= 4 is 44.4 Å². The van der Waals surface area contributed by atoms with Crippen molar-refractivity contribution in [1.82, 2.24) is 9.80 Å². The minimum absolute atomic E-state index is 0.119. The molecule has 92 valence electrons. The van der Waals surface area contributed by atoms with Crippen molar-refractivity contribution in [3.63, 3.8) is 0 Å². The van der Waals surface area contributed by atoms with E-state index in [1.807, 2.05) is 37.2 Å². The zero-order valence-electron chi connectivity index (χ0n) is 9.78. The van der Waals surface area contributed by atoms with E-state index in [4.69, 9.17) is 0 Å². The summed E-state index contributed by atoms with van der Waals surface area (Å²) in [4.78, 5) is 16.3. The molecule has 1 fully saturated rings. The normalized spacial score (nSPS) is 16.2. The molecule has 0 N–H and O–H groups in total. The number of rotatable bonds is 2. The quantitative estimate of drug-likeness (QED) is 0.701. The van der Waals surface area contributed by atoms with Crippen molar-refractivity contribution in [2.45, 2.75) is 6.04 Å². The van der Waals surface area contributed by atoms with Crippen molar-refractivity contribution in [2.24, 2.45) is 0 Å². The molecule has 1 aromatic rings. The van der Waals surface area contributed by atoms with Gasteiger partial charge in [0, 0.05) is 27.2 Å². The summed E-state index contributed by atoms with van der Waals surface area (Å²) in [5.74, 6) is 0.119. The first-order valence-corrected chi connectivity index (χ1v) is 7.27. The number of carbonyl (C=O) groups excluding carboxylic acids is 1. The van der Waals surface area contributed by atoms with E-state index in [9.17, 15) is 4.79 Å². The number of carbonyl (C=O) groups is 1. The number of amides is 1. The van der Waals surface area contributed by atoms with E-state index in [1.165, 1.54) is 0 Å². The van der Waals surface area contributed by atoms with Gasteiger partial charge in [0.05, 0.1) is 5.56 Å². The Morgan fingerprint density at radius 1 is 1.47 bits per heavy atom. The Bertz CT molecular complexity index is 444. The molecule has 1 aliphatic rings. The van der Waals surface area contributed by atoms with Gasteiger partial charge in [0.2, 0.25) is 0 Å². The molecule has 0 atom stereocenters. The lowest BCUT2D eigenvalue weighted by Crippen LogP contribution is -2.59. The average molecular weight is 409 g/mol. The van der Waals surface area contributed by atoms with Crippen molar-refractivity contribution in [2.75, 3.05) is 27.2 Å². The second-order valence-corrected chi connectivity index (χ2v) is 6.38. The molecule has 0 saturated carbocycles. The molecule has 0 unspecified atom stereocenters. The maximum absolute atomic E-state index is 12.2. The third-order valence-electron chi connectivity index (χ3n) is 3.06. The highest BCUT2D eigenvalue weighted by Gasteiger charge is 2.33. The molecule has 2 rings (SSSR count). The Hall–Kier alpha value is -0.140. The molecule has 1 heterocycles. The number of likely N-dealkylation sites (N-methyl/N-ethyl adjacent to an activating group) is 1. The fraction of sp³-hybridized carbons (Fsp3) is 0.417. The number of halogens is 2. The Labute approximate surface area is 123 Å². The first-order chi connectivity index (χ1) is 8.00. The molecule has 0 spiro atoms. The van der Waals surface area contributed by atoms with Crippen LogP contribution in [0.4, 0.5) is 0 Å². The van der Waals surface area contributed by atoms with E-state index < -0.39 is 0 Å². The monoisotopic (exact) mass is 408 g/mol. The lowest BCUT2D eigenvalue weighted by atomic mass is 10.1. The summed E-state index contributed by atoms with van der Waals surface area (Å²) < 4.78 is 1.97. The fourth-order valence-corrected chi connectivity index (χ4v) is 2.72. The van der Waals surface area contributed by atoms with Crippen molar-refractivity contribution < 1.29 is 4.79 Å². The standard InChI is InChI=1S/C12H14BrIN2O/c1-15(2)8-6-16(7-8)12(17)9-4-3-5-10(14)11(9)13/h3-5,8H,6-7H2,1-2H3. The van der Waals surface area contributed by atoms with Crippen LogP contribution >= 0.6 is 38.5 Å². The number of likely N-dealkylation sites (tertiary alicyclic amines) is 1. The van der Waals surface area contributed by atoms with Gasteiger partial charge in [-0.2, -0.15) is 0 Å². The summed E-state index contributed by atoms with van der Waals surface area (Å²) >= 11 is 5.71. The molecule has 1 aromatic carbocycles. The molecule has 1 aliphatic heterocycles. The molecule has 5 heteroatoms. The maximum Gasteiger partial charge on any atom is 0.255 e. The van der Waals surface area contributed by atoms with Crippen molar-refractivity contribution in [1.29, 1.82) is 0 Å². The summed E-state index contributed by atoms with van der Waals surface area (Å²) in [6.45, 7) is 1.65. The molecular formula is C12H14BrIN2O. The van der Waals surface area contributed by atoms with Gasteiger partial charge in [-0.15, -0.1) is 0 Å². The van der Waals surface area contributed by atoms with Crippen LogP contribution in [-0.4, -0.2) is 48.9 Å². The molecule has 1 amide bonds. The lowest BCUT2D eigenvalue weighted by molar-refractivity contribution is 0.0398. The van der Waals surface area contributed by atoms with E-state index >= 15 is 0 Å². The van der Waals surface area contributed by atoms with Gasteiger partial charge in [0.25, 0.3) is 5.91 Å². The number of hydrogen-bond acceptors (Lipinski definition) is 2. The molecule has 0 aliphatic carbocycles. The van der Waals surface area contributed by atoms with Crippen LogP contribution in [0.5, 0.6) is 0 Å². The smallest absolute Gasteiger partial charge is 0.255 e. The largest absolute Gasteiger partial charge is 0.335 e. The Kier molecular flexibility index (Phi) is 4.10. The van der Waals surface area contributed by atoms with E-state index in [1.54, 1.807) is 0 Å². The third kappa shape index (κ3) is 2.66. The summed E-state index contributed by atoms with van der Waals surface area (Å²) in [6.07, 6.45) is 0. The van der Waals surface area contributed by atoms with Crippen LogP contribution in [0, 0.1) is 3.57 Å². The Morgan fingerprint density at radius 2 is 2.12 bits per heavy atom. The second kappa shape index (κ2) is 5.24. The molecule has 1 saturated heterocycles. The predicted molar refractivity (Wildman–Crippen MR) is 80.2 cm³/mol. The summed E-state index contributed by atoms with van der Waals surface area (Å²) in [5.41, 5.74) is 0.758. The van der Waals surface area contributed by atoms with Crippen LogP contribution in [0.25, 0.3) is 0 Å². The second-order valence-electron chi connectivity index (χ2n) is 4.43. The van der Waals surface area contributed by atoms with E-state index in [2.05, 4.69) is 43.4 Å². The van der Waals surface area contributed by atoms with Gasteiger partial charge in [0.1, 0.15) is 0 Å². The van der Waals surface area contributed by atoms with Crippen molar-refractivity contribution in [3.05, 3.63) is 31.8 Å². The van der Waals surface area contributed by atoms with E-state index in [0.717, 1.165) is 26.7 Å². The minimum atomic E-state index is 0.119. The highest BCUT2D eigenvalue weighted by atomic mass is 127. The topological polar surface area (TPSA) is 23.6 Å². The van der Waals surface area contributed by atoms with Gasteiger partial charge in [-0.3, -0.25) is 4.79 Å². The first-order valence-electron chi connectivity index (χ1n) is 5.40. The van der Waals surface area contributed by atoms with Gasteiger partial charge in [-0.05, 0) is 64.7 Å². The highest BCUT2D eigenvalue weighted by Crippen LogP contribution is 2.26. The molecule has 17 heavy (non-hydrogen) atoms. The number of hydrogen-bond donors (Lipinski definition) is 0. The lowest BCUT2D eigenvalue weighted by Gasteiger charge is -2.42. The predicted octanol–water partition coefficient (Wildman–Crippen LogP) is 2.44. The van der Waals surface area contributed by atoms with Crippen LogP contribution < -0.4 is 0 Å². The fourth-order valence-electron chi connectivity index (χ4n) is 1.79. The number of nitrogens with zero attached hydrogens (tertiary/aromatic N) is 2. The zero-order valence-corrected chi connectivity index (χ0v) is 13.5. The van der Waals surface area contributed by atoms with Gasteiger partial charge in [-0.1, -0.05) is 6.07 Å². The summed E-state index contributed by atoms with van der Waals surface area (Å²) in [7, 11) is 4.10. The van der Waals surface area contributed by atoms with Crippen LogP contribution in [-0.2, 0) is 0 Å². The molecule has 3 nitrogen and oxygen atoms in total. The molecule has 0 bridgehead atoms. The third-order valence-corrected chi connectivity index (χ3v) is 5.56. The molecular weight excluding hydrogens is 395 g/mol. The Balaban J connectivity index is 2.09. The van der Waals surface area contributed by atoms with E-state index in [-0.39, 0.29) is 5.91 Å². The van der Waals surface area contributed by atoms with Crippen LogP contribution in [0.15, 0.2) is 22.7 Å². The van der Waals surface area contributed by atoms with E-state index in [0.29, 0.717) is 6.04 Å². The van der Waals surface area contributed by atoms with Crippen LogP contribution in [0.2, 0.25) is 0 Å². The molecule has 0 aromatic heterocycles. The SMILES string of the molecule is CN(C)C1CN(C(=O)c2cccc(I)c2Br)C1. The van der Waals surface area contributed by atoms with Gasteiger partial charge >= 0.3 is 0 Å². The van der Waals surface area contributed by atoms with Crippen molar-refractivity contribution in [3.8, 4) is 0 Å². The zero-order chi connectivity index (χ0) is 12.6. The number of benzene rings is 1. The summed E-state index contributed by atoms with van der Waals surface area (Å²) in [6, 6.07) is 6.28. The molecule has 0 radical (unpaired) electrons. The van der Waals surface area contributed by atoms with Gasteiger partial charge < -0.3 is 9.80 Å². The van der Waals surface area contributed by atoms with Crippen LogP contribution in [0.3, 0.4) is 0 Å². The minimum Gasteiger partial charge on any atom is -0.335 e. The maximum atomic E-state index is 12.2. The summed E-state index contributed by atoms with van der Waals surface area (Å²) in [5, 5.41) is 0. The van der Waals surface area contributed by atoms with Crippen LogP contribution in [0.1, 0.15) is 10.4 Å². The average Bonchev–Trinajstić information content (AvgIpc) is 2.19.